The molecule has 0 aliphatic rings. The summed E-state index contributed by atoms with van der Waals surface area (Å²) in [5.74, 6) is -0.319. The molecular formula is C9H11BrO3. The molecule has 1 rings (SSSR count). The van der Waals surface area contributed by atoms with E-state index in [1.807, 2.05) is 6.92 Å². The summed E-state index contributed by atoms with van der Waals surface area (Å²) < 4.78 is 0.457. The molecule has 0 saturated carbocycles. The van der Waals surface area contributed by atoms with Gasteiger partial charge in [-0.1, -0.05) is 0 Å². The fraction of sp³-hybridized carbons (Fsp3) is 0.333. The van der Waals surface area contributed by atoms with E-state index in [2.05, 4.69) is 15.9 Å². The molecule has 4 heteroatoms. The van der Waals surface area contributed by atoms with Gasteiger partial charge in [0.05, 0.1) is 4.47 Å². The largest absolute Gasteiger partial charge is 0.504 e. The van der Waals surface area contributed by atoms with Gasteiger partial charge < -0.3 is 15.3 Å². The number of halogens is 1. The van der Waals surface area contributed by atoms with Crippen LogP contribution in [0.5, 0.6) is 11.5 Å². The molecule has 0 bridgehead atoms. The lowest BCUT2D eigenvalue weighted by Crippen LogP contribution is -1.95. The van der Waals surface area contributed by atoms with Gasteiger partial charge in [0.25, 0.3) is 0 Å². The van der Waals surface area contributed by atoms with Crippen LogP contribution in [0.15, 0.2) is 10.5 Å². The number of aryl methyl sites for hydroxylation is 1. The van der Waals surface area contributed by atoms with Crippen molar-refractivity contribution in [3.8, 4) is 11.5 Å². The Morgan fingerprint density at radius 1 is 1.38 bits per heavy atom. The van der Waals surface area contributed by atoms with E-state index in [-0.39, 0.29) is 18.1 Å². The van der Waals surface area contributed by atoms with Gasteiger partial charge in [0.2, 0.25) is 0 Å². The van der Waals surface area contributed by atoms with Crippen molar-refractivity contribution in [1.82, 2.24) is 0 Å². The Bertz CT molecular complexity index is 323. The predicted molar refractivity (Wildman–Crippen MR) is 53.0 cm³/mol. The second-order valence-electron chi connectivity index (χ2n) is 2.83. The molecule has 0 radical (unpaired) electrons. The zero-order valence-corrected chi connectivity index (χ0v) is 8.80. The third-order valence-corrected chi connectivity index (χ3v) is 2.76. The smallest absolute Gasteiger partial charge is 0.172 e. The van der Waals surface area contributed by atoms with Crippen molar-refractivity contribution >= 4 is 15.9 Å². The van der Waals surface area contributed by atoms with Crippen LogP contribution in [-0.4, -0.2) is 21.9 Å². The van der Waals surface area contributed by atoms with Crippen LogP contribution < -0.4 is 0 Å². The Morgan fingerprint density at radius 2 is 2.00 bits per heavy atom. The molecule has 3 N–H and O–H groups in total. The number of aromatic hydroxyl groups is 2. The lowest BCUT2D eigenvalue weighted by molar-refractivity contribution is 0.298. The predicted octanol–water partition coefficient (Wildman–Crippen LogP) is 1.70. The van der Waals surface area contributed by atoms with Gasteiger partial charge in [-0.25, -0.2) is 0 Å². The lowest BCUT2D eigenvalue weighted by atomic mass is 10.1. The minimum Gasteiger partial charge on any atom is -0.504 e. The zero-order chi connectivity index (χ0) is 10.0. The SMILES string of the molecule is Cc1cc(O)c(O)c(Br)c1CCO. The molecule has 72 valence electrons. The fourth-order valence-corrected chi connectivity index (χ4v) is 1.92. The Hall–Kier alpha value is -0.740. The van der Waals surface area contributed by atoms with Gasteiger partial charge in [-0.3, -0.25) is 0 Å². The summed E-state index contributed by atoms with van der Waals surface area (Å²) >= 11 is 3.16. The molecule has 3 nitrogen and oxygen atoms in total. The number of aliphatic hydroxyl groups excluding tert-OH is 1. The first-order chi connectivity index (χ1) is 6.07. The summed E-state index contributed by atoms with van der Waals surface area (Å²) in [6.07, 6.45) is 0.459. The number of aliphatic hydroxyl groups is 1. The van der Waals surface area contributed by atoms with Crippen LogP contribution in [-0.2, 0) is 6.42 Å². The Morgan fingerprint density at radius 3 is 2.54 bits per heavy atom. The molecular weight excluding hydrogens is 236 g/mol. The average Bonchev–Trinajstić information content (AvgIpc) is 2.09. The maximum Gasteiger partial charge on any atom is 0.172 e. The molecule has 1 aromatic rings. The zero-order valence-electron chi connectivity index (χ0n) is 7.21. The van der Waals surface area contributed by atoms with Gasteiger partial charge in [-0.15, -0.1) is 0 Å². The summed E-state index contributed by atoms with van der Waals surface area (Å²) in [6, 6.07) is 1.48. The third-order valence-electron chi connectivity index (χ3n) is 1.91. The highest BCUT2D eigenvalue weighted by atomic mass is 79.9. The first kappa shape index (κ1) is 10.3. The van der Waals surface area contributed by atoms with E-state index >= 15 is 0 Å². The number of benzene rings is 1. The molecule has 0 aliphatic carbocycles. The van der Waals surface area contributed by atoms with Crippen molar-refractivity contribution in [2.75, 3.05) is 6.61 Å². The normalized spacial score (nSPS) is 10.4. The molecule has 13 heavy (non-hydrogen) atoms. The quantitative estimate of drug-likeness (QED) is 0.697. The highest BCUT2D eigenvalue weighted by Crippen LogP contribution is 2.37. The average molecular weight is 247 g/mol. The fourth-order valence-electron chi connectivity index (χ4n) is 1.21. The van der Waals surface area contributed by atoms with Crippen LogP contribution in [0.2, 0.25) is 0 Å². The molecule has 0 heterocycles. The minimum absolute atomic E-state index is 0.0175. The van der Waals surface area contributed by atoms with E-state index in [9.17, 15) is 10.2 Å². The summed E-state index contributed by atoms with van der Waals surface area (Å²) in [5, 5.41) is 27.4. The summed E-state index contributed by atoms with van der Waals surface area (Å²) in [4.78, 5) is 0. The molecule has 0 fully saturated rings. The van der Waals surface area contributed by atoms with Crippen molar-refractivity contribution in [3.05, 3.63) is 21.7 Å². The minimum atomic E-state index is -0.172. The van der Waals surface area contributed by atoms with Crippen LogP contribution in [0.4, 0.5) is 0 Å². The van der Waals surface area contributed by atoms with E-state index in [4.69, 9.17) is 5.11 Å². The second-order valence-corrected chi connectivity index (χ2v) is 3.62. The van der Waals surface area contributed by atoms with E-state index < -0.39 is 0 Å². The number of rotatable bonds is 2. The van der Waals surface area contributed by atoms with Gasteiger partial charge in [-0.05, 0) is 46.5 Å². The summed E-state index contributed by atoms with van der Waals surface area (Å²) in [7, 11) is 0. The number of phenols is 2. The van der Waals surface area contributed by atoms with E-state index in [1.54, 1.807) is 0 Å². The Kier molecular flexibility index (Phi) is 3.17. The lowest BCUT2D eigenvalue weighted by Gasteiger charge is -2.09. The molecule has 0 aromatic heterocycles. The highest BCUT2D eigenvalue weighted by Gasteiger charge is 2.12. The third kappa shape index (κ3) is 1.95. The number of phenolic OH excluding ortho intramolecular Hbond substituents is 2. The standard InChI is InChI=1S/C9H11BrO3/c1-5-4-7(12)9(13)8(10)6(5)2-3-11/h4,11-13H,2-3H2,1H3. The topological polar surface area (TPSA) is 60.7 Å². The summed E-state index contributed by atoms with van der Waals surface area (Å²) in [6.45, 7) is 1.83. The maximum atomic E-state index is 9.36. The Balaban J connectivity index is 3.26. The first-order valence-corrected chi connectivity index (χ1v) is 4.68. The van der Waals surface area contributed by atoms with Crippen LogP contribution in [0.25, 0.3) is 0 Å². The molecule has 0 atom stereocenters. The van der Waals surface area contributed by atoms with Gasteiger partial charge >= 0.3 is 0 Å². The van der Waals surface area contributed by atoms with Crippen LogP contribution in [0.1, 0.15) is 11.1 Å². The van der Waals surface area contributed by atoms with Crippen molar-refractivity contribution < 1.29 is 15.3 Å². The molecule has 1 aromatic carbocycles. The van der Waals surface area contributed by atoms with E-state index in [1.165, 1.54) is 6.07 Å². The monoisotopic (exact) mass is 246 g/mol. The maximum absolute atomic E-state index is 9.36. The molecule has 0 amide bonds. The van der Waals surface area contributed by atoms with Crippen molar-refractivity contribution in [3.63, 3.8) is 0 Å². The van der Waals surface area contributed by atoms with Crippen molar-refractivity contribution in [1.29, 1.82) is 0 Å². The van der Waals surface area contributed by atoms with Gasteiger partial charge in [-0.2, -0.15) is 0 Å². The van der Waals surface area contributed by atoms with E-state index in [0.717, 1.165) is 11.1 Å². The number of hydrogen-bond donors (Lipinski definition) is 3. The Labute approximate surface area is 84.8 Å². The van der Waals surface area contributed by atoms with Crippen LogP contribution in [0, 0.1) is 6.92 Å². The highest BCUT2D eigenvalue weighted by molar-refractivity contribution is 9.10. The van der Waals surface area contributed by atoms with Gasteiger partial charge in [0.15, 0.2) is 11.5 Å². The van der Waals surface area contributed by atoms with Crippen molar-refractivity contribution in [2.24, 2.45) is 0 Å². The molecule has 0 saturated heterocycles. The van der Waals surface area contributed by atoms with Crippen molar-refractivity contribution in [2.45, 2.75) is 13.3 Å². The van der Waals surface area contributed by atoms with Gasteiger partial charge in [0, 0.05) is 6.61 Å². The molecule has 0 spiro atoms. The summed E-state index contributed by atoms with van der Waals surface area (Å²) in [5.41, 5.74) is 1.66. The van der Waals surface area contributed by atoms with Gasteiger partial charge in [0.1, 0.15) is 0 Å². The molecule has 0 aliphatic heterocycles. The number of hydrogen-bond acceptors (Lipinski definition) is 3. The van der Waals surface area contributed by atoms with Crippen LogP contribution >= 0.6 is 15.9 Å². The van der Waals surface area contributed by atoms with Crippen LogP contribution in [0.3, 0.4) is 0 Å². The van der Waals surface area contributed by atoms with E-state index in [0.29, 0.717) is 10.9 Å². The molecule has 0 unspecified atom stereocenters. The second kappa shape index (κ2) is 3.98. The first-order valence-electron chi connectivity index (χ1n) is 3.88.